The lowest BCUT2D eigenvalue weighted by atomic mass is 9.94. The number of nitro groups is 1. The van der Waals surface area contributed by atoms with Gasteiger partial charge in [-0.15, -0.1) is 0 Å². The Bertz CT molecular complexity index is 970. The maximum Gasteiger partial charge on any atom is 0.416 e. The fourth-order valence-corrected chi connectivity index (χ4v) is 3.91. The molecule has 1 heterocycles. The Kier molecular flexibility index (Phi) is 6.52. The molecule has 0 radical (unpaired) electrons. The van der Waals surface area contributed by atoms with Crippen molar-refractivity contribution in [3.05, 3.63) is 69.3 Å². The normalized spacial score (nSPS) is 15.1. The van der Waals surface area contributed by atoms with Crippen molar-refractivity contribution in [1.29, 1.82) is 0 Å². The average molecular weight is 435 g/mol. The first-order chi connectivity index (χ1) is 14.6. The van der Waals surface area contributed by atoms with E-state index in [0.29, 0.717) is 38.5 Å². The lowest BCUT2D eigenvalue weighted by molar-refractivity contribution is -0.384. The SMILES string of the molecule is Cc1ccccc1CN(C)C(=O)C1CCN(c2ccc(C(F)(F)F)cc2[N+](=O)[O-])CC1. The van der Waals surface area contributed by atoms with Crippen molar-refractivity contribution in [3.8, 4) is 0 Å². The third kappa shape index (κ3) is 5.15. The minimum Gasteiger partial charge on any atom is -0.366 e. The zero-order chi connectivity index (χ0) is 22.8. The highest BCUT2D eigenvalue weighted by Crippen LogP contribution is 2.37. The van der Waals surface area contributed by atoms with Crippen LogP contribution in [0.1, 0.15) is 29.5 Å². The van der Waals surface area contributed by atoms with Gasteiger partial charge in [-0.25, -0.2) is 0 Å². The van der Waals surface area contributed by atoms with Crippen LogP contribution in [0.2, 0.25) is 0 Å². The van der Waals surface area contributed by atoms with Crippen LogP contribution in [-0.4, -0.2) is 35.9 Å². The monoisotopic (exact) mass is 435 g/mol. The molecule has 1 aliphatic heterocycles. The van der Waals surface area contributed by atoms with Crippen LogP contribution in [0.15, 0.2) is 42.5 Å². The summed E-state index contributed by atoms with van der Waals surface area (Å²) < 4.78 is 38.8. The average Bonchev–Trinajstić information content (AvgIpc) is 2.73. The second-order valence-electron chi connectivity index (χ2n) is 7.84. The first kappa shape index (κ1) is 22.6. The van der Waals surface area contributed by atoms with Gasteiger partial charge in [0.25, 0.3) is 5.69 Å². The van der Waals surface area contributed by atoms with Gasteiger partial charge in [-0.05, 0) is 43.0 Å². The maximum absolute atomic E-state index is 12.9. The molecule has 3 rings (SSSR count). The number of nitro benzene ring substituents is 1. The molecule has 6 nitrogen and oxygen atoms in total. The Morgan fingerprint density at radius 3 is 2.42 bits per heavy atom. The molecule has 0 atom stereocenters. The number of anilines is 1. The molecule has 1 saturated heterocycles. The second-order valence-corrected chi connectivity index (χ2v) is 7.84. The Morgan fingerprint density at radius 2 is 1.84 bits per heavy atom. The minimum absolute atomic E-state index is 0.00446. The Balaban J connectivity index is 1.67. The summed E-state index contributed by atoms with van der Waals surface area (Å²) in [5, 5.41) is 11.4. The molecule has 0 unspecified atom stereocenters. The van der Waals surface area contributed by atoms with Gasteiger partial charge in [0, 0.05) is 38.7 Å². The van der Waals surface area contributed by atoms with E-state index in [1.54, 1.807) is 16.8 Å². The molecule has 1 aliphatic rings. The molecule has 31 heavy (non-hydrogen) atoms. The van der Waals surface area contributed by atoms with Gasteiger partial charge in [0.1, 0.15) is 5.69 Å². The molecule has 0 aromatic heterocycles. The summed E-state index contributed by atoms with van der Waals surface area (Å²) in [6, 6.07) is 10.4. The van der Waals surface area contributed by atoms with Crippen molar-refractivity contribution < 1.29 is 22.9 Å². The fraction of sp³-hybridized carbons (Fsp3) is 0.409. The summed E-state index contributed by atoms with van der Waals surface area (Å²) >= 11 is 0. The van der Waals surface area contributed by atoms with Crippen LogP contribution in [0.3, 0.4) is 0 Å². The fourth-order valence-electron chi connectivity index (χ4n) is 3.91. The number of rotatable bonds is 5. The minimum atomic E-state index is -4.65. The lowest BCUT2D eigenvalue weighted by Gasteiger charge is -2.34. The second kappa shape index (κ2) is 8.95. The van der Waals surface area contributed by atoms with Crippen molar-refractivity contribution in [2.75, 3.05) is 25.0 Å². The molecule has 9 heteroatoms. The van der Waals surface area contributed by atoms with Gasteiger partial charge >= 0.3 is 6.18 Å². The lowest BCUT2D eigenvalue weighted by Crippen LogP contribution is -2.41. The quantitative estimate of drug-likeness (QED) is 0.500. The van der Waals surface area contributed by atoms with E-state index in [2.05, 4.69) is 0 Å². The van der Waals surface area contributed by atoms with Crippen LogP contribution in [0, 0.1) is 23.0 Å². The number of nitrogens with zero attached hydrogens (tertiary/aromatic N) is 3. The van der Waals surface area contributed by atoms with Crippen molar-refractivity contribution in [3.63, 3.8) is 0 Å². The molecule has 2 aromatic rings. The third-order valence-electron chi connectivity index (χ3n) is 5.73. The Hall–Kier alpha value is -3.10. The topological polar surface area (TPSA) is 66.7 Å². The number of carbonyl (C=O) groups excluding carboxylic acids is 1. The van der Waals surface area contributed by atoms with E-state index in [0.717, 1.165) is 23.3 Å². The standard InChI is InChI=1S/C22H24F3N3O3/c1-15-5-3-4-6-17(15)14-26(2)21(29)16-9-11-27(12-10-16)19-8-7-18(22(23,24)25)13-20(19)28(30)31/h3-8,13,16H,9-12,14H2,1-2H3. The van der Waals surface area contributed by atoms with Crippen LogP contribution in [0.5, 0.6) is 0 Å². The third-order valence-corrected chi connectivity index (χ3v) is 5.73. The van der Waals surface area contributed by atoms with E-state index in [1.807, 2.05) is 31.2 Å². The van der Waals surface area contributed by atoms with Gasteiger partial charge in [-0.2, -0.15) is 13.2 Å². The van der Waals surface area contributed by atoms with E-state index < -0.39 is 22.4 Å². The molecule has 0 aliphatic carbocycles. The summed E-state index contributed by atoms with van der Waals surface area (Å²) in [5.74, 6) is -0.219. The number of carbonyl (C=O) groups is 1. The zero-order valence-electron chi connectivity index (χ0n) is 17.4. The van der Waals surface area contributed by atoms with Crippen molar-refractivity contribution >= 4 is 17.3 Å². The van der Waals surface area contributed by atoms with Gasteiger partial charge in [0.15, 0.2) is 0 Å². The van der Waals surface area contributed by atoms with Crippen LogP contribution in [-0.2, 0) is 17.5 Å². The summed E-state index contributed by atoms with van der Waals surface area (Å²) in [7, 11) is 1.75. The Labute approximate surface area is 178 Å². The van der Waals surface area contributed by atoms with Crippen molar-refractivity contribution in [1.82, 2.24) is 4.90 Å². The summed E-state index contributed by atoms with van der Waals surface area (Å²) in [6.07, 6.45) is -3.69. The molecular formula is C22H24F3N3O3. The van der Waals surface area contributed by atoms with E-state index in [-0.39, 0.29) is 17.5 Å². The number of alkyl halides is 3. The van der Waals surface area contributed by atoms with Gasteiger partial charge < -0.3 is 9.80 Å². The molecule has 0 spiro atoms. The number of halogens is 3. The van der Waals surface area contributed by atoms with Gasteiger partial charge in [-0.1, -0.05) is 24.3 Å². The number of hydrogen-bond donors (Lipinski definition) is 0. The number of aryl methyl sites for hydroxylation is 1. The molecule has 166 valence electrons. The summed E-state index contributed by atoms with van der Waals surface area (Å²) in [6.45, 7) is 3.21. The largest absolute Gasteiger partial charge is 0.416 e. The van der Waals surface area contributed by atoms with E-state index in [9.17, 15) is 28.1 Å². The highest BCUT2D eigenvalue weighted by Gasteiger charge is 2.35. The highest BCUT2D eigenvalue weighted by molar-refractivity contribution is 5.79. The van der Waals surface area contributed by atoms with Crippen LogP contribution in [0.25, 0.3) is 0 Å². The predicted octanol–water partition coefficient (Wildman–Crippen LogP) is 4.80. The number of hydrogen-bond acceptors (Lipinski definition) is 4. The van der Waals surface area contributed by atoms with Crippen molar-refractivity contribution in [2.24, 2.45) is 5.92 Å². The highest BCUT2D eigenvalue weighted by atomic mass is 19.4. The first-order valence-corrected chi connectivity index (χ1v) is 9.98. The van der Waals surface area contributed by atoms with Gasteiger partial charge in [0.2, 0.25) is 5.91 Å². The van der Waals surface area contributed by atoms with Crippen LogP contribution < -0.4 is 4.90 Å². The Morgan fingerprint density at radius 1 is 1.19 bits per heavy atom. The number of amides is 1. The van der Waals surface area contributed by atoms with Gasteiger partial charge in [0.05, 0.1) is 10.5 Å². The molecule has 2 aromatic carbocycles. The molecule has 0 N–H and O–H groups in total. The molecular weight excluding hydrogens is 411 g/mol. The van der Waals surface area contributed by atoms with Gasteiger partial charge in [-0.3, -0.25) is 14.9 Å². The van der Waals surface area contributed by atoms with Crippen LogP contribution in [0.4, 0.5) is 24.5 Å². The first-order valence-electron chi connectivity index (χ1n) is 9.98. The zero-order valence-corrected chi connectivity index (χ0v) is 17.4. The van der Waals surface area contributed by atoms with E-state index in [4.69, 9.17) is 0 Å². The number of piperidine rings is 1. The van der Waals surface area contributed by atoms with Crippen LogP contribution >= 0.6 is 0 Å². The number of benzene rings is 2. The molecule has 1 amide bonds. The molecule has 0 saturated carbocycles. The molecule has 0 bridgehead atoms. The summed E-state index contributed by atoms with van der Waals surface area (Å²) in [5.41, 5.74) is 0.696. The summed E-state index contributed by atoms with van der Waals surface area (Å²) in [4.78, 5) is 26.8. The van der Waals surface area contributed by atoms with E-state index in [1.165, 1.54) is 0 Å². The predicted molar refractivity (Wildman–Crippen MR) is 111 cm³/mol. The smallest absolute Gasteiger partial charge is 0.366 e. The van der Waals surface area contributed by atoms with Crippen molar-refractivity contribution in [2.45, 2.75) is 32.5 Å². The maximum atomic E-state index is 12.9. The van der Waals surface area contributed by atoms with E-state index >= 15 is 0 Å². The molecule has 1 fully saturated rings.